The van der Waals surface area contributed by atoms with Gasteiger partial charge in [-0.1, -0.05) is 6.92 Å². The van der Waals surface area contributed by atoms with E-state index >= 15 is 0 Å². The van der Waals surface area contributed by atoms with E-state index < -0.39 is 0 Å². The number of rotatable bonds is 4. The molecule has 0 aromatic carbocycles. The molecule has 100 valence electrons. The fourth-order valence-corrected chi connectivity index (χ4v) is 2.28. The Morgan fingerprint density at radius 2 is 2.00 bits per heavy atom. The maximum absolute atomic E-state index is 12.2. The molecule has 0 unspecified atom stereocenters. The monoisotopic (exact) mass is 249 g/mol. The maximum Gasteiger partial charge on any atom is 0.264 e. The molecule has 1 aliphatic heterocycles. The first-order valence-electron chi connectivity index (χ1n) is 6.67. The highest BCUT2D eigenvalue weighted by molar-refractivity contribution is 5.97. The molecule has 0 aromatic rings. The highest BCUT2D eigenvalue weighted by Gasteiger charge is 2.23. The first kappa shape index (κ1) is 14.7. The van der Waals surface area contributed by atoms with Gasteiger partial charge in [0.2, 0.25) is 0 Å². The van der Waals surface area contributed by atoms with Gasteiger partial charge in [-0.05, 0) is 45.7 Å². The molecule has 4 nitrogen and oxygen atoms in total. The van der Waals surface area contributed by atoms with Crippen molar-refractivity contribution in [2.24, 2.45) is 0 Å². The molecule has 1 saturated heterocycles. The Bertz CT molecular complexity index is 360. The number of carbonyl (C=O) groups is 1. The molecule has 0 saturated carbocycles. The lowest BCUT2D eigenvalue weighted by molar-refractivity contribution is -0.127. The minimum Gasteiger partial charge on any atom is -0.338 e. The molecule has 1 heterocycles. The van der Waals surface area contributed by atoms with E-state index in [0.29, 0.717) is 0 Å². The normalized spacial score (nSPS) is 17.4. The molecule has 0 bridgehead atoms. The highest BCUT2D eigenvalue weighted by atomic mass is 16.2. The molecule has 1 amide bonds. The average molecular weight is 249 g/mol. The summed E-state index contributed by atoms with van der Waals surface area (Å²) in [6.07, 6.45) is 5.01. The zero-order valence-electron chi connectivity index (χ0n) is 11.6. The molecule has 0 aliphatic carbocycles. The van der Waals surface area contributed by atoms with Gasteiger partial charge in [-0.25, -0.2) is 0 Å². The van der Waals surface area contributed by atoms with Crippen molar-refractivity contribution in [2.75, 3.05) is 19.6 Å². The van der Waals surface area contributed by atoms with E-state index in [9.17, 15) is 4.79 Å². The summed E-state index contributed by atoms with van der Waals surface area (Å²) in [5.41, 5.74) is -0.0755. The zero-order valence-corrected chi connectivity index (χ0v) is 11.6. The number of amides is 1. The molecule has 18 heavy (non-hydrogen) atoms. The van der Waals surface area contributed by atoms with Crippen molar-refractivity contribution in [1.29, 1.82) is 5.26 Å². The minimum atomic E-state index is -0.328. The second kappa shape index (κ2) is 6.55. The van der Waals surface area contributed by atoms with E-state index in [2.05, 4.69) is 5.32 Å². The van der Waals surface area contributed by atoms with Gasteiger partial charge in [0.15, 0.2) is 0 Å². The summed E-state index contributed by atoms with van der Waals surface area (Å²) >= 11 is 0. The lowest BCUT2D eigenvalue weighted by atomic mass is 10.0. The number of likely N-dealkylation sites (tertiary alicyclic amines) is 1. The second-order valence-corrected chi connectivity index (χ2v) is 5.27. The Morgan fingerprint density at radius 3 is 2.50 bits per heavy atom. The zero-order chi connectivity index (χ0) is 13.6. The van der Waals surface area contributed by atoms with Crippen molar-refractivity contribution in [3.8, 4) is 6.07 Å². The number of likely N-dealkylation sites (N-methyl/N-ethyl adjacent to an activating group) is 1. The molecule has 0 atom stereocenters. The van der Waals surface area contributed by atoms with Crippen LogP contribution >= 0.6 is 0 Å². The lowest BCUT2D eigenvalue weighted by Crippen LogP contribution is -2.40. The van der Waals surface area contributed by atoms with Crippen LogP contribution in [0.4, 0.5) is 0 Å². The van der Waals surface area contributed by atoms with Crippen LogP contribution in [0.25, 0.3) is 0 Å². The average Bonchev–Trinajstić information content (AvgIpc) is 2.36. The van der Waals surface area contributed by atoms with Crippen molar-refractivity contribution in [1.82, 2.24) is 10.2 Å². The SMILES string of the molecule is CCNC(C)(C)/C=C(\C#N)C(=O)N1CCCCC1. The third-order valence-electron chi connectivity index (χ3n) is 3.13. The van der Waals surface area contributed by atoms with Crippen molar-refractivity contribution < 1.29 is 4.79 Å². The summed E-state index contributed by atoms with van der Waals surface area (Å²) in [6, 6.07) is 2.04. The maximum atomic E-state index is 12.2. The smallest absolute Gasteiger partial charge is 0.264 e. The number of hydrogen-bond donors (Lipinski definition) is 1. The molecule has 1 fully saturated rings. The van der Waals surface area contributed by atoms with Gasteiger partial charge in [0.05, 0.1) is 0 Å². The number of piperidine rings is 1. The summed E-state index contributed by atoms with van der Waals surface area (Å²) in [4.78, 5) is 14.0. The number of carbonyl (C=O) groups excluding carboxylic acids is 1. The van der Waals surface area contributed by atoms with E-state index in [4.69, 9.17) is 5.26 Å². The Morgan fingerprint density at radius 1 is 1.39 bits per heavy atom. The molecular formula is C14H23N3O. The van der Waals surface area contributed by atoms with E-state index in [1.54, 1.807) is 11.0 Å². The van der Waals surface area contributed by atoms with Gasteiger partial charge < -0.3 is 10.2 Å². The van der Waals surface area contributed by atoms with Crippen LogP contribution in [-0.2, 0) is 4.79 Å². The van der Waals surface area contributed by atoms with Crippen LogP contribution in [-0.4, -0.2) is 36.0 Å². The minimum absolute atomic E-state index is 0.122. The topological polar surface area (TPSA) is 56.1 Å². The first-order chi connectivity index (χ1) is 8.50. The predicted octanol–water partition coefficient (Wildman–Crippen LogP) is 1.84. The summed E-state index contributed by atoms with van der Waals surface area (Å²) in [5, 5.41) is 12.4. The molecule has 4 heteroatoms. The van der Waals surface area contributed by atoms with Crippen LogP contribution in [0.2, 0.25) is 0 Å². The van der Waals surface area contributed by atoms with Crippen LogP contribution in [0, 0.1) is 11.3 Å². The Kier molecular flexibility index (Phi) is 5.36. The van der Waals surface area contributed by atoms with Gasteiger partial charge in [0, 0.05) is 18.6 Å². The van der Waals surface area contributed by atoms with Gasteiger partial charge >= 0.3 is 0 Å². The first-order valence-corrected chi connectivity index (χ1v) is 6.67. The number of nitriles is 1. The molecule has 1 N–H and O–H groups in total. The Labute approximate surface area is 110 Å². The fraction of sp³-hybridized carbons (Fsp3) is 0.714. The van der Waals surface area contributed by atoms with Gasteiger partial charge in [-0.2, -0.15) is 5.26 Å². The van der Waals surface area contributed by atoms with Crippen LogP contribution < -0.4 is 5.32 Å². The summed E-state index contributed by atoms with van der Waals surface area (Å²) in [5.74, 6) is -0.122. The van der Waals surface area contributed by atoms with Gasteiger partial charge in [0.25, 0.3) is 5.91 Å². The molecule has 0 radical (unpaired) electrons. The third-order valence-corrected chi connectivity index (χ3v) is 3.13. The van der Waals surface area contributed by atoms with Crippen LogP contribution in [0.5, 0.6) is 0 Å². The number of nitrogens with one attached hydrogen (secondary N) is 1. The highest BCUT2D eigenvalue weighted by Crippen LogP contribution is 2.14. The van der Waals surface area contributed by atoms with E-state index in [-0.39, 0.29) is 17.0 Å². The largest absolute Gasteiger partial charge is 0.338 e. The summed E-state index contributed by atoms with van der Waals surface area (Å²) < 4.78 is 0. The molecule has 0 aromatic heterocycles. The molecule has 1 rings (SSSR count). The van der Waals surface area contributed by atoms with E-state index in [1.807, 2.05) is 26.8 Å². The molecule has 0 spiro atoms. The van der Waals surface area contributed by atoms with Gasteiger partial charge in [-0.3, -0.25) is 4.79 Å². The third kappa shape index (κ3) is 4.15. The second-order valence-electron chi connectivity index (χ2n) is 5.27. The van der Waals surface area contributed by atoms with Crippen molar-refractivity contribution in [2.45, 2.75) is 45.6 Å². The number of nitrogens with zero attached hydrogens (tertiary/aromatic N) is 2. The van der Waals surface area contributed by atoms with E-state index in [0.717, 1.165) is 32.5 Å². The van der Waals surface area contributed by atoms with Crippen molar-refractivity contribution >= 4 is 5.91 Å². The lowest BCUT2D eigenvalue weighted by Gasteiger charge is -2.27. The summed E-state index contributed by atoms with van der Waals surface area (Å²) in [7, 11) is 0. The van der Waals surface area contributed by atoms with Crippen molar-refractivity contribution in [3.63, 3.8) is 0 Å². The Hall–Kier alpha value is -1.34. The van der Waals surface area contributed by atoms with Gasteiger partial charge in [-0.15, -0.1) is 0 Å². The Balaban J connectivity index is 2.79. The van der Waals surface area contributed by atoms with Crippen molar-refractivity contribution in [3.05, 3.63) is 11.6 Å². The summed E-state index contributed by atoms with van der Waals surface area (Å²) in [6.45, 7) is 8.31. The van der Waals surface area contributed by atoms with Crippen LogP contribution in [0.15, 0.2) is 11.6 Å². The van der Waals surface area contributed by atoms with Crippen LogP contribution in [0.3, 0.4) is 0 Å². The van der Waals surface area contributed by atoms with Crippen LogP contribution in [0.1, 0.15) is 40.0 Å². The quantitative estimate of drug-likeness (QED) is 0.611. The predicted molar refractivity (Wildman–Crippen MR) is 71.9 cm³/mol. The van der Waals surface area contributed by atoms with E-state index in [1.165, 1.54) is 6.42 Å². The molecule has 1 aliphatic rings. The van der Waals surface area contributed by atoms with Gasteiger partial charge in [0.1, 0.15) is 11.6 Å². The number of hydrogen-bond acceptors (Lipinski definition) is 3. The fourth-order valence-electron chi connectivity index (χ4n) is 2.28. The molecular weight excluding hydrogens is 226 g/mol. The standard InChI is InChI=1S/C14H23N3O/c1-4-16-14(2,3)10-12(11-15)13(18)17-8-6-5-7-9-17/h10,16H,4-9H2,1-3H3/b12-10+.